The predicted molar refractivity (Wildman–Crippen MR) is 75.6 cm³/mol. The molecule has 19 heavy (non-hydrogen) atoms. The molecule has 0 bridgehead atoms. The van der Waals surface area contributed by atoms with Gasteiger partial charge in [-0.15, -0.1) is 0 Å². The highest BCUT2D eigenvalue weighted by molar-refractivity contribution is 7.89. The van der Waals surface area contributed by atoms with Gasteiger partial charge < -0.3 is 9.73 Å². The third-order valence-electron chi connectivity index (χ3n) is 2.74. The number of hydrogen-bond acceptors (Lipinski definition) is 4. The zero-order chi connectivity index (χ0) is 14.8. The van der Waals surface area contributed by atoms with Crippen LogP contribution in [0.4, 0.5) is 0 Å². The van der Waals surface area contributed by atoms with Crippen LogP contribution in [-0.2, 0) is 16.6 Å². The predicted octanol–water partition coefficient (Wildman–Crippen LogP) is 1.94. The van der Waals surface area contributed by atoms with Crippen LogP contribution in [0, 0.1) is 19.3 Å². The van der Waals surface area contributed by atoms with Crippen molar-refractivity contribution in [3.8, 4) is 0 Å². The van der Waals surface area contributed by atoms with E-state index in [9.17, 15) is 8.42 Å². The molecule has 0 saturated heterocycles. The summed E-state index contributed by atoms with van der Waals surface area (Å²) in [5, 5.41) is 2.97. The third kappa shape index (κ3) is 4.06. The molecule has 0 saturated carbocycles. The van der Waals surface area contributed by atoms with Crippen LogP contribution in [0.5, 0.6) is 0 Å². The molecule has 0 aliphatic carbocycles. The molecule has 0 spiro atoms. The van der Waals surface area contributed by atoms with Gasteiger partial charge in [-0.25, -0.2) is 13.1 Å². The summed E-state index contributed by atoms with van der Waals surface area (Å²) < 4.78 is 32.9. The zero-order valence-electron chi connectivity index (χ0n) is 12.5. The molecule has 5 nitrogen and oxygen atoms in total. The highest BCUT2D eigenvalue weighted by Crippen LogP contribution is 2.26. The average molecular weight is 288 g/mol. The average Bonchev–Trinajstić information content (AvgIpc) is 2.51. The second-order valence-electron chi connectivity index (χ2n) is 5.94. The third-order valence-corrected chi connectivity index (χ3v) is 4.34. The van der Waals surface area contributed by atoms with Crippen LogP contribution in [-0.4, -0.2) is 22.0 Å². The molecule has 0 aliphatic heterocycles. The molecule has 1 rings (SSSR count). The minimum atomic E-state index is -3.54. The Bertz CT molecular complexity index is 539. The summed E-state index contributed by atoms with van der Waals surface area (Å²) in [4.78, 5) is 0.267. The van der Waals surface area contributed by atoms with Crippen LogP contribution in [0.15, 0.2) is 9.31 Å². The van der Waals surface area contributed by atoms with Crippen LogP contribution in [0.3, 0.4) is 0 Å². The fourth-order valence-electron chi connectivity index (χ4n) is 1.83. The quantitative estimate of drug-likeness (QED) is 0.868. The van der Waals surface area contributed by atoms with Crippen molar-refractivity contribution in [2.75, 3.05) is 13.6 Å². The lowest BCUT2D eigenvalue weighted by Gasteiger charge is -2.19. The van der Waals surface area contributed by atoms with Gasteiger partial charge in [-0.1, -0.05) is 20.8 Å². The molecule has 1 aromatic heterocycles. The van der Waals surface area contributed by atoms with Crippen molar-refractivity contribution in [1.29, 1.82) is 0 Å². The lowest BCUT2D eigenvalue weighted by molar-refractivity contribution is 0.407. The number of aryl methyl sites for hydroxylation is 2. The lowest BCUT2D eigenvalue weighted by Crippen LogP contribution is -2.33. The molecule has 0 aliphatic rings. The zero-order valence-corrected chi connectivity index (χ0v) is 13.4. The molecule has 0 radical (unpaired) electrons. The molecule has 0 fully saturated rings. The van der Waals surface area contributed by atoms with Gasteiger partial charge in [0.1, 0.15) is 16.4 Å². The van der Waals surface area contributed by atoms with Crippen molar-refractivity contribution in [1.82, 2.24) is 10.0 Å². The largest absolute Gasteiger partial charge is 0.465 e. The first-order chi connectivity index (χ1) is 8.58. The summed E-state index contributed by atoms with van der Waals surface area (Å²) in [7, 11) is -1.76. The fraction of sp³-hybridized carbons (Fsp3) is 0.692. The van der Waals surface area contributed by atoms with E-state index in [4.69, 9.17) is 4.42 Å². The summed E-state index contributed by atoms with van der Waals surface area (Å²) in [6.07, 6.45) is 0. The van der Waals surface area contributed by atoms with Crippen molar-refractivity contribution >= 4 is 10.0 Å². The van der Waals surface area contributed by atoms with E-state index < -0.39 is 10.0 Å². The molecule has 6 heteroatoms. The molecule has 0 atom stereocenters. The molecule has 1 heterocycles. The van der Waals surface area contributed by atoms with E-state index in [2.05, 4.69) is 10.0 Å². The minimum absolute atomic E-state index is 0.108. The Hall–Kier alpha value is -0.850. The van der Waals surface area contributed by atoms with Gasteiger partial charge in [-0.05, 0) is 26.3 Å². The fourth-order valence-corrected chi connectivity index (χ4v) is 3.55. The van der Waals surface area contributed by atoms with Gasteiger partial charge >= 0.3 is 0 Å². The van der Waals surface area contributed by atoms with Gasteiger partial charge in [0.05, 0.1) is 0 Å². The minimum Gasteiger partial charge on any atom is -0.465 e. The molecular weight excluding hydrogens is 264 g/mol. The second kappa shape index (κ2) is 5.64. The molecule has 0 aromatic carbocycles. The molecule has 2 N–H and O–H groups in total. The maximum atomic E-state index is 12.4. The monoisotopic (exact) mass is 288 g/mol. The van der Waals surface area contributed by atoms with E-state index in [-0.39, 0.29) is 10.3 Å². The standard InChI is InChI=1S/C13H24N2O3S/c1-9-11(7-14-6)12(10(2)18-9)19(16,17)15-8-13(3,4)5/h14-15H,7-8H2,1-6H3. The number of nitrogens with one attached hydrogen (secondary N) is 2. The molecule has 1 aromatic rings. The van der Waals surface area contributed by atoms with Gasteiger partial charge in [-0.3, -0.25) is 0 Å². The maximum Gasteiger partial charge on any atom is 0.244 e. The molecule has 0 amide bonds. The summed E-state index contributed by atoms with van der Waals surface area (Å²) >= 11 is 0. The van der Waals surface area contributed by atoms with Gasteiger partial charge in [-0.2, -0.15) is 0 Å². The Labute approximate surface area is 115 Å². The first-order valence-electron chi connectivity index (χ1n) is 6.31. The van der Waals surface area contributed by atoms with Crippen LogP contribution >= 0.6 is 0 Å². The van der Waals surface area contributed by atoms with Crippen molar-refractivity contribution in [2.45, 2.75) is 46.1 Å². The Morgan fingerprint density at radius 2 is 1.74 bits per heavy atom. The van der Waals surface area contributed by atoms with Crippen molar-refractivity contribution in [2.24, 2.45) is 5.41 Å². The topological polar surface area (TPSA) is 71.3 Å². The van der Waals surface area contributed by atoms with Crippen molar-refractivity contribution in [3.63, 3.8) is 0 Å². The smallest absolute Gasteiger partial charge is 0.244 e. The Balaban J connectivity index is 3.14. The van der Waals surface area contributed by atoms with E-state index in [0.29, 0.717) is 30.2 Å². The number of sulfonamides is 1. The summed E-state index contributed by atoms with van der Waals surface area (Å²) in [6, 6.07) is 0. The van der Waals surface area contributed by atoms with Crippen molar-refractivity contribution in [3.05, 3.63) is 17.1 Å². The Morgan fingerprint density at radius 3 is 2.21 bits per heavy atom. The van der Waals surface area contributed by atoms with Gasteiger partial charge in [0.25, 0.3) is 0 Å². The van der Waals surface area contributed by atoms with E-state index >= 15 is 0 Å². The number of hydrogen-bond donors (Lipinski definition) is 2. The Morgan fingerprint density at radius 1 is 1.16 bits per heavy atom. The first kappa shape index (κ1) is 16.2. The highest BCUT2D eigenvalue weighted by Gasteiger charge is 2.27. The first-order valence-corrected chi connectivity index (χ1v) is 7.80. The Kier molecular flexibility index (Phi) is 4.81. The molecule has 110 valence electrons. The lowest BCUT2D eigenvalue weighted by atomic mass is 9.98. The molecule has 0 unspecified atom stereocenters. The highest BCUT2D eigenvalue weighted by atomic mass is 32.2. The van der Waals surface area contributed by atoms with Gasteiger partial charge in [0, 0.05) is 18.7 Å². The van der Waals surface area contributed by atoms with E-state index in [1.165, 1.54) is 0 Å². The number of furan rings is 1. The van der Waals surface area contributed by atoms with E-state index in [0.717, 1.165) is 0 Å². The number of rotatable bonds is 5. The van der Waals surface area contributed by atoms with E-state index in [1.54, 1.807) is 20.9 Å². The maximum absolute atomic E-state index is 12.4. The SMILES string of the molecule is CNCc1c(C)oc(C)c1S(=O)(=O)NCC(C)(C)C. The van der Waals surface area contributed by atoms with Gasteiger partial charge in [0.15, 0.2) is 0 Å². The molecular formula is C13H24N2O3S. The van der Waals surface area contributed by atoms with Crippen LogP contribution in [0.1, 0.15) is 37.9 Å². The summed E-state index contributed by atoms with van der Waals surface area (Å²) in [5.41, 5.74) is 0.588. The summed E-state index contributed by atoms with van der Waals surface area (Å²) in [6.45, 7) is 10.3. The van der Waals surface area contributed by atoms with Crippen LogP contribution in [0.25, 0.3) is 0 Å². The second-order valence-corrected chi connectivity index (χ2v) is 7.64. The van der Waals surface area contributed by atoms with E-state index in [1.807, 2.05) is 20.8 Å². The van der Waals surface area contributed by atoms with Gasteiger partial charge in [0.2, 0.25) is 10.0 Å². The summed E-state index contributed by atoms with van der Waals surface area (Å²) in [5.74, 6) is 1.08. The van der Waals surface area contributed by atoms with Crippen LogP contribution in [0.2, 0.25) is 0 Å². The van der Waals surface area contributed by atoms with Crippen LogP contribution < -0.4 is 10.0 Å². The van der Waals surface area contributed by atoms with Crippen molar-refractivity contribution < 1.29 is 12.8 Å². The normalized spacial score (nSPS) is 12.9.